The Morgan fingerprint density at radius 1 is 1.35 bits per heavy atom. The number of carboxylic acid groups (broad SMARTS) is 1. The molecule has 1 aromatic rings. The van der Waals surface area contributed by atoms with E-state index in [2.05, 4.69) is 5.32 Å². The minimum Gasteiger partial charge on any atom is -0.479 e. The van der Waals surface area contributed by atoms with Crippen molar-refractivity contribution in [1.29, 1.82) is 0 Å². The number of thioether (sulfide) groups is 1. The molecule has 0 radical (unpaired) electrons. The normalized spacial score (nSPS) is 21.7. The van der Waals surface area contributed by atoms with Gasteiger partial charge in [0.25, 0.3) is 0 Å². The highest BCUT2D eigenvalue weighted by molar-refractivity contribution is 7.99. The van der Waals surface area contributed by atoms with Crippen LogP contribution in [0.3, 0.4) is 0 Å². The van der Waals surface area contributed by atoms with Crippen LogP contribution >= 0.6 is 11.8 Å². The van der Waals surface area contributed by atoms with Crippen LogP contribution in [0.15, 0.2) is 18.2 Å². The van der Waals surface area contributed by atoms with Crippen molar-refractivity contribution in [3.63, 3.8) is 0 Å². The summed E-state index contributed by atoms with van der Waals surface area (Å²) in [5.41, 5.74) is 2.15. The molecule has 0 bridgehead atoms. The van der Waals surface area contributed by atoms with Crippen LogP contribution in [0.25, 0.3) is 0 Å². The summed E-state index contributed by atoms with van der Waals surface area (Å²) < 4.78 is 0. The third-order valence-corrected chi connectivity index (χ3v) is 4.94. The quantitative estimate of drug-likeness (QED) is 0.890. The second-order valence-electron chi connectivity index (χ2n) is 5.33. The van der Waals surface area contributed by atoms with Gasteiger partial charge in [-0.3, -0.25) is 4.79 Å². The maximum atomic E-state index is 12.1. The Morgan fingerprint density at radius 3 is 2.65 bits per heavy atom. The summed E-state index contributed by atoms with van der Waals surface area (Å²) in [6.45, 7) is 4.03. The Morgan fingerprint density at radius 2 is 2.10 bits per heavy atom. The molecule has 0 aliphatic carbocycles. The van der Waals surface area contributed by atoms with Crippen LogP contribution in [-0.2, 0) is 16.0 Å². The summed E-state index contributed by atoms with van der Waals surface area (Å²) in [4.78, 5) is 23.5. The van der Waals surface area contributed by atoms with E-state index in [0.717, 1.165) is 16.9 Å². The maximum Gasteiger partial charge on any atom is 0.330 e. The van der Waals surface area contributed by atoms with E-state index in [4.69, 9.17) is 0 Å². The highest BCUT2D eigenvalue weighted by Gasteiger charge is 2.43. The van der Waals surface area contributed by atoms with Crippen LogP contribution in [0.5, 0.6) is 0 Å². The molecule has 1 saturated heterocycles. The van der Waals surface area contributed by atoms with Crippen LogP contribution in [0.1, 0.15) is 23.1 Å². The molecule has 0 saturated carbocycles. The zero-order chi connectivity index (χ0) is 14.8. The first-order valence-electron chi connectivity index (χ1n) is 6.61. The third-order valence-electron chi connectivity index (χ3n) is 3.75. The van der Waals surface area contributed by atoms with E-state index in [-0.39, 0.29) is 12.3 Å². The van der Waals surface area contributed by atoms with E-state index in [1.54, 1.807) is 11.8 Å². The number of aliphatic carboxylic acids is 1. The van der Waals surface area contributed by atoms with Gasteiger partial charge < -0.3 is 10.4 Å². The molecule has 108 valence electrons. The molecule has 1 heterocycles. The summed E-state index contributed by atoms with van der Waals surface area (Å²) >= 11 is 1.57. The lowest BCUT2D eigenvalue weighted by Gasteiger charge is -2.24. The molecule has 2 rings (SSSR count). The van der Waals surface area contributed by atoms with Gasteiger partial charge in [0, 0.05) is 5.75 Å². The Hall–Kier alpha value is -1.49. The highest BCUT2D eigenvalue weighted by Crippen LogP contribution is 2.28. The van der Waals surface area contributed by atoms with Crippen molar-refractivity contribution in [2.75, 3.05) is 11.5 Å². The first-order valence-corrected chi connectivity index (χ1v) is 7.77. The molecule has 1 aromatic carbocycles. The summed E-state index contributed by atoms with van der Waals surface area (Å²) in [6.07, 6.45) is 0.715. The lowest BCUT2D eigenvalue weighted by molar-refractivity contribution is -0.146. The number of aryl methyl sites for hydroxylation is 2. The van der Waals surface area contributed by atoms with Gasteiger partial charge in [0.15, 0.2) is 0 Å². The molecule has 20 heavy (non-hydrogen) atoms. The Bertz CT molecular complexity index is 536. The fraction of sp³-hybridized carbons (Fsp3) is 0.467. The van der Waals surface area contributed by atoms with Gasteiger partial charge in [-0.2, -0.15) is 11.8 Å². The highest BCUT2D eigenvalue weighted by atomic mass is 32.2. The molecule has 4 nitrogen and oxygen atoms in total. The fourth-order valence-corrected chi connectivity index (χ4v) is 3.62. The molecule has 5 heteroatoms. The van der Waals surface area contributed by atoms with Gasteiger partial charge in [0.05, 0.1) is 6.42 Å². The summed E-state index contributed by atoms with van der Waals surface area (Å²) in [5, 5.41) is 12.0. The molecular weight excluding hydrogens is 274 g/mol. The van der Waals surface area contributed by atoms with Crippen LogP contribution < -0.4 is 5.32 Å². The van der Waals surface area contributed by atoms with Gasteiger partial charge in [0.1, 0.15) is 5.54 Å². The van der Waals surface area contributed by atoms with Gasteiger partial charge in [0.2, 0.25) is 5.91 Å². The first-order chi connectivity index (χ1) is 9.43. The number of hydrogen-bond donors (Lipinski definition) is 2. The number of carbonyl (C=O) groups is 2. The van der Waals surface area contributed by atoms with Crippen molar-refractivity contribution in [3.8, 4) is 0 Å². The monoisotopic (exact) mass is 293 g/mol. The second kappa shape index (κ2) is 5.87. The second-order valence-corrected chi connectivity index (χ2v) is 6.44. The Kier molecular flexibility index (Phi) is 4.38. The number of carbonyl (C=O) groups excluding carboxylic acids is 1. The van der Waals surface area contributed by atoms with Crippen molar-refractivity contribution in [2.24, 2.45) is 0 Å². The van der Waals surface area contributed by atoms with E-state index >= 15 is 0 Å². The minimum atomic E-state index is -1.08. The predicted molar refractivity (Wildman–Crippen MR) is 80.1 cm³/mol. The summed E-state index contributed by atoms with van der Waals surface area (Å²) in [5.74, 6) is 0.0612. The number of amides is 1. The molecule has 2 N–H and O–H groups in total. The lowest BCUT2D eigenvalue weighted by atomic mass is 9.98. The smallest absolute Gasteiger partial charge is 0.330 e. The molecular formula is C15H19NO3S. The van der Waals surface area contributed by atoms with Crippen LogP contribution in [0.4, 0.5) is 0 Å². The van der Waals surface area contributed by atoms with E-state index in [9.17, 15) is 14.7 Å². The average Bonchev–Trinajstić information content (AvgIpc) is 2.83. The summed E-state index contributed by atoms with van der Waals surface area (Å²) in [6, 6.07) is 5.88. The van der Waals surface area contributed by atoms with Crippen molar-refractivity contribution >= 4 is 23.6 Å². The first kappa shape index (κ1) is 14.9. The predicted octanol–water partition coefficient (Wildman–Crippen LogP) is 1.92. The standard InChI is InChI=1S/C15H19NO3S/c1-10-3-4-12(7-11(10)2)8-13(17)16-15(14(18)19)5-6-20-9-15/h3-4,7H,5-6,8-9H2,1-2H3,(H,16,17)(H,18,19). The average molecular weight is 293 g/mol. The van der Waals surface area contributed by atoms with Gasteiger partial charge in [-0.05, 0) is 42.7 Å². The zero-order valence-electron chi connectivity index (χ0n) is 11.7. The van der Waals surface area contributed by atoms with Gasteiger partial charge in [-0.15, -0.1) is 0 Å². The molecule has 1 fully saturated rings. The Balaban J connectivity index is 2.04. The molecule has 1 atom stereocenters. The maximum absolute atomic E-state index is 12.1. The zero-order valence-corrected chi connectivity index (χ0v) is 12.5. The summed E-state index contributed by atoms with van der Waals surface area (Å²) in [7, 11) is 0. The molecule has 1 unspecified atom stereocenters. The number of hydrogen-bond acceptors (Lipinski definition) is 3. The van der Waals surface area contributed by atoms with Crippen molar-refractivity contribution in [2.45, 2.75) is 32.2 Å². The molecule has 1 aliphatic rings. The Labute approximate surface area is 123 Å². The van der Waals surface area contributed by atoms with E-state index in [1.807, 2.05) is 32.0 Å². The van der Waals surface area contributed by atoms with Gasteiger partial charge in [-0.1, -0.05) is 18.2 Å². The number of rotatable bonds is 4. The van der Waals surface area contributed by atoms with Crippen LogP contribution in [-0.4, -0.2) is 34.0 Å². The van der Waals surface area contributed by atoms with Crippen molar-refractivity contribution in [1.82, 2.24) is 5.32 Å². The number of benzene rings is 1. The molecule has 0 aromatic heterocycles. The van der Waals surface area contributed by atoms with Gasteiger partial charge in [-0.25, -0.2) is 4.79 Å². The lowest BCUT2D eigenvalue weighted by Crippen LogP contribution is -2.55. The third kappa shape index (κ3) is 3.15. The van der Waals surface area contributed by atoms with Crippen LogP contribution in [0, 0.1) is 13.8 Å². The minimum absolute atomic E-state index is 0.223. The fourth-order valence-electron chi connectivity index (χ4n) is 2.30. The van der Waals surface area contributed by atoms with E-state index in [0.29, 0.717) is 12.2 Å². The van der Waals surface area contributed by atoms with E-state index < -0.39 is 11.5 Å². The molecule has 0 spiro atoms. The SMILES string of the molecule is Cc1ccc(CC(=O)NC2(C(=O)O)CCSC2)cc1C. The van der Waals surface area contributed by atoms with Crippen LogP contribution in [0.2, 0.25) is 0 Å². The van der Waals surface area contributed by atoms with Gasteiger partial charge >= 0.3 is 5.97 Å². The topological polar surface area (TPSA) is 66.4 Å². The molecule has 1 aliphatic heterocycles. The largest absolute Gasteiger partial charge is 0.479 e. The van der Waals surface area contributed by atoms with Crippen molar-refractivity contribution in [3.05, 3.63) is 34.9 Å². The number of carboxylic acids is 1. The molecule has 1 amide bonds. The van der Waals surface area contributed by atoms with E-state index in [1.165, 1.54) is 5.56 Å². The van der Waals surface area contributed by atoms with Crippen molar-refractivity contribution < 1.29 is 14.7 Å². The number of nitrogens with one attached hydrogen (secondary N) is 1.